The van der Waals surface area contributed by atoms with Gasteiger partial charge in [-0.3, -0.25) is 9.59 Å². The molecule has 182 valence electrons. The molecule has 2 aromatic carbocycles. The van der Waals surface area contributed by atoms with Crippen LogP contribution in [0.2, 0.25) is 0 Å². The number of nitrogens with zero attached hydrogens (tertiary/aromatic N) is 1. The van der Waals surface area contributed by atoms with E-state index >= 15 is 0 Å². The van der Waals surface area contributed by atoms with E-state index in [0.29, 0.717) is 0 Å². The number of rotatable bonds is 6. The van der Waals surface area contributed by atoms with Crippen molar-refractivity contribution >= 4 is 21.8 Å². The molecular formula is C26H33N3O4S. The minimum atomic E-state index is -3.81. The van der Waals surface area contributed by atoms with E-state index in [9.17, 15) is 18.0 Å². The number of nitrogens with one attached hydrogen (secondary N) is 2. The first-order valence-electron chi connectivity index (χ1n) is 11.9. The summed E-state index contributed by atoms with van der Waals surface area (Å²) in [5.41, 5.74) is 5.97. The van der Waals surface area contributed by atoms with Crippen LogP contribution in [0.15, 0.2) is 36.4 Å². The van der Waals surface area contributed by atoms with Crippen molar-refractivity contribution in [2.75, 3.05) is 13.1 Å². The highest BCUT2D eigenvalue weighted by molar-refractivity contribution is 7.88. The van der Waals surface area contributed by atoms with Gasteiger partial charge >= 0.3 is 0 Å². The molecular weight excluding hydrogens is 450 g/mol. The maximum absolute atomic E-state index is 13.4. The van der Waals surface area contributed by atoms with E-state index in [2.05, 4.69) is 16.7 Å². The van der Waals surface area contributed by atoms with Crippen molar-refractivity contribution in [3.8, 4) is 0 Å². The number of carbonyl (C=O) groups is 2. The first-order chi connectivity index (χ1) is 16.2. The van der Waals surface area contributed by atoms with Gasteiger partial charge < -0.3 is 10.6 Å². The summed E-state index contributed by atoms with van der Waals surface area (Å²) in [5, 5.41) is 5.78. The van der Waals surface area contributed by atoms with Crippen LogP contribution in [-0.2, 0) is 31.8 Å². The third kappa shape index (κ3) is 5.18. The zero-order valence-corrected chi connectivity index (χ0v) is 20.9. The molecule has 1 aliphatic heterocycles. The van der Waals surface area contributed by atoms with Gasteiger partial charge in [0.15, 0.2) is 0 Å². The monoisotopic (exact) mass is 483 g/mol. The molecule has 0 aromatic heterocycles. The first kappa shape index (κ1) is 24.4. The topological polar surface area (TPSA) is 95.6 Å². The molecule has 2 N–H and O–H groups in total. The number of hydrogen-bond acceptors (Lipinski definition) is 4. The summed E-state index contributed by atoms with van der Waals surface area (Å²) in [6, 6.07) is 10.8. The molecule has 0 saturated carbocycles. The normalized spacial score (nSPS) is 21.0. The molecule has 34 heavy (non-hydrogen) atoms. The summed E-state index contributed by atoms with van der Waals surface area (Å²) in [6.07, 6.45) is 2.59. The third-order valence-electron chi connectivity index (χ3n) is 6.89. The molecule has 0 bridgehead atoms. The van der Waals surface area contributed by atoms with Crippen LogP contribution in [0, 0.1) is 20.8 Å². The Morgan fingerprint density at radius 2 is 1.85 bits per heavy atom. The molecule has 2 aromatic rings. The number of fused-ring (bicyclic) bond motifs is 1. The van der Waals surface area contributed by atoms with Crippen LogP contribution in [-0.4, -0.2) is 43.7 Å². The summed E-state index contributed by atoms with van der Waals surface area (Å²) in [6.45, 7) is 6.17. The Bertz CT molecular complexity index is 1190. The van der Waals surface area contributed by atoms with Crippen molar-refractivity contribution < 1.29 is 18.0 Å². The molecule has 0 spiro atoms. The molecule has 0 unspecified atom stereocenters. The van der Waals surface area contributed by atoms with Gasteiger partial charge in [-0.15, -0.1) is 0 Å². The average Bonchev–Trinajstić information content (AvgIpc) is 2.78. The number of piperazine rings is 1. The molecule has 7 nitrogen and oxygen atoms in total. The predicted molar refractivity (Wildman–Crippen MR) is 132 cm³/mol. The number of carbonyl (C=O) groups excluding carboxylic acids is 2. The van der Waals surface area contributed by atoms with Gasteiger partial charge in [-0.05, 0) is 67.9 Å². The highest BCUT2D eigenvalue weighted by atomic mass is 32.2. The molecule has 2 aliphatic rings. The van der Waals surface area contributed by atoms with Crippen molar-refractivity contribution in [2.24, 2.45) is 0 Å². The lowest BCUT2D eigenvalue weighted by atomic mass is 9.87. The SMILES string of the molecule is Cc1cc(C)c(CS(=O)(=O)N2CCNC(=O)[C@H]2CC(=O)N[C@H]2CCCc3ccccc32)c(C)c1. The molecule has 1 aliphatic carbocycles. The lowest BCUT2D eigenvalue weighted by Gasteiger charge is -2.34. The summed E-state index contributed by atoms with van der Waals surface area (Å²) < 4.78 is 28.1. The van der Waals surface area contributed by atoms with E-state index in [4.69, 9.17) is 0 Å². The maximum atomic E-state index is 13.4. The molecule has 2 amide bonds. The Morgan fingerprint density at radius 3 is 2.59 bits per heavy atom. The van der Waals surface area contributed by atoms with Gasteiger partial charge in [0, 0.05) is 13.1 Å². The number of sulfonamides is 1. The fourth-order valence-electron chi connectivity index (χ4n) is 5.26. The zero-order valence-electron chi connectivity index (χ0n) is 20.1. The molecule has 2 atom stereocenters. The molecule has 0 radical (unpaired) electrons. The van der Waals surface area contributed by atoms with Crippen molar-refractivity contribution in [1.29, 1.82) is 0 Å². The lowest BCUT2D eigenvalue weighted by molar-refractivity contribution is -0.132. The van der Waals surface area contributed by atoms with E-state index in [1.54, 1.807) is 0 Å². The second kappa shape index (κ2) is 9.88. The van der Waals surface area contributed by atoms with Crippen LogP contribution >= 0.6 is 0 Å². The van der Waals surface area contributed by atoms with E-state index in [0.717, 1.165) is 47.1 Å². The Balaban J connectivity index is 1.51. The summed E-state index contributed by atoms with van der Waals surface area (Å²) in [7, 11) is -3.81. The van der Waals surface area contributed by atoms with Crippen LogP contribution in [0.5, 0.6) is 0 Å². The second-order valence-electron chi connectivity index (χ2n) is 9.47. The standard InChI is InChI=1S/C26H33N3O4S/c1-17-13-18(2)22(19(3)14-17)16-34(32,33)29-12-11-27-26(31)24(29)15-25(30)28-23-10-6-8-20-7-4-5-9-21(20)23/h4-5,7,9,13-14,23-24H,6,8,10-12,15-16H2,1-3H3,(H,27,31)(H,28,30)/t23-,24+/m0/s1. The fraction of sp³-hybridized carbons (Fsp3) is 0.462. The predicted octanol–water partition coefficient (Wildman–Crippen LogP) is 2.83. The van der Waals surface area contributed by atoms with Gasteiger partial charge in [0.1, 0.15) is 6.04 Å². The van der Waals surface area contributed by atoms with Crippen molar-refractivity contribution in [1.82, 2.24) is 14.9 Å². The lowest BCUT2D eigenvalue weighted by Crippen LogP contribution is -2.58. The first-order valence-corrected chi connectivity index (χ1v) is 13.5. The number of aryl methyl sites for hydroxylation is 4. The van der Waals surface area contributed by atoms with Crippen LogP contribution in [0.4, 0.5) is 0 Å². The van der Waals surface area contributed by atoms with E-state index in [-0.39, 0.29) is 37.2 Å². The highest BCUT2D eigenvalue weighted by Crippen LogP contribution is 2.30. The van der Waals surface area contributed by atoms with E-state index in [1.807, 2.05) is 51.1 Å². The van der Waals surface area contributed by atoms with Crippen LogP contribution in [0.3, 0.4) is 0 Å². The van der Waals surface area contributed by atoms with Crippen LogP contribution in [0.1, 0.15) is 58.7 Å². The summed E-state index contributed by atoms with van der Waals surface area (Å²) >= 11 is 0. The van der Waals surface area contributed by atoms with E-state index in [1.165, 1.54) is 9.87 Å². The third-order valence-corrected chi connectivity index (χ3v) is 8.69. The fourth-order valence-corrected chi connectivity index (χ4v) is 7.17. The summed E-state index contributed by atoms with van der Waals surface area (Å²) in [5.74, 6) is -0.926. The van der Waals surface area contributed by atoms with Gasteiger partial charge in [-0.25, -0.2) is 8.42 Å². The largest absolute Gasteiger partial charge is 0.353 e. The molecule has 1 heterocycles. The Labute approximate surface area is 202 Å². The van der Waals surface area contributed by atoms with Crippen LogP contribution < -0.4 is 10.6 Å². The molecule has 1 saturated heterocycles. The number of amides is 2. The zero-order chi connectivity index (χ0) is 24.5. The molecule has 4 rings (SSSR count). The Morgan fingerprint density at radius 1 is 1.15 bits per heavy atom. The molecule has 8 heteroatoms. The average molecular weight is 484 g/mol. The number of benzene rings is 2. The summed E-state index contributed by atoms with van der Waals surface area (Å²) in [4.78, 5) is 25.7. The van der Waals surface area contributed by atoms with Gasteiger partial charge in [0.05, 0.1) is 18.2 Å². The smallest absolute Gasteiger partial charge is 0.239 e. The second-order valence-corrected chi connectivity index (χ2v) is 11.4. The van der Waals surface area contributed by atoms with Crippen molar-refractivity contribution in [3.05, 3.63) is 69.8 Å². The Kier molecular flexibility index (Phi) is 7.09. The minimum absolute atomic E-state index is 0.119. The van der Waals surface area contributed by atoms with Crippen molar-refractivity contribution in [3.63, 3.8) is 0 Å². The highest BCUT2D eigenvalue weighted by Gasteiger charge is 2.39. The number of hydrogen-bond donors (Lipinski definition) is 2. The van der Waals surface area contributed by atoms with Crippen molar-refractivity contribution in [2.45, 2.75) is 64.3 Å². The van der Waals surface area contributed by atoms with Gasteiger partial charge in [-0.1, -0.05) is 42.0 Å². The van der Waals surface area contributed by atoms with Crippen LogP contribution in [0.25, 0.3) is 0 Å². The maximum Gasteiger partial charge on any atom is 0.239 e. The van der Waals surface area contributed by atoms with E-state index < -0.39 is 22.0 Å². The molecule has 1 fully saturated rings. The van der Waals surface area contributed by atoms with Gasteiger partial charge in [0.2, 0.25) is 21.8 Å². The Hall–Kier alpha value is -2.71. The van der Waals surface area contributed by atoms with Gasteiger partial charge in [0.25, 0.3) is 0 Å². The minimum Gasteiger partial charge on any atom is -0.353 e. The quantitative estimate of drug-likeness (QED) is 0.661. The van der Waals surface area contributed by atoms with Gasteiger partial charge in [-0.2, -0.15) is 4.31 Å².